The quantitative estimate of drug-likeness (QED) is 0.397. The van der Waals surface area contributed by atoms with Crippen molar-refractivity contribution in [3.8, 4) is 0 Å². The number of benzene rings is 1. The largest absolute Gasteiger partial charge is 0.772 e. The minimum atomic E-state index is -2.04. The first-order chi connectivity index (χ1) is 14.5. The fraction of sp³-hybridized carbons (Fsp3) is 0.708. The summed E-state index contributed by atoms with van der Waals surface area (Å²) in [6.45, 7) is 2.83. The van der Waals surface area contributed by atoms with E-state index in [0.29, 0.717) is 25.3 Å². The first kappa shape index (κ1) is 22.5. The van der Waals surface area contributed by atoms with Crippen molar-refractivity contribution in [2.45, 2.75) is 87.2 Å². The molecule has 4 rings (SSSR count). The van der Waals surface area contributed by atoms with Gasteiger partial charge in [0.1, 0.15) is 11.5 Å². The molecular formula is C24H35NO3S2. The standard InChI is InChI=1S/C24H35NO3S2/c1-17(29-13-5-6-14-29)24(26)19-9-10-21(18-7-3-2-4-8-18)22(15-19)23-16-20(30(27)28)11-12-25-23/h9-10,15,17-18,20,23,25H,2-8,11-14,16H2,1H3. The second-order valence-corrected chi connectivity index (χ2v) is 13.0. The van der Waals surface area contributed by atoms with Crippen molar-refractivity contribution in [1.29, 1.82) is 0 Å². The van der Waals surface area contributed by atoms with Gasteiger partial charge in [0.25, 0.3) is 0 Å². The number of carbonyl (C=O) groups excluding carboxylic acids is 1. The zero-order valence-electron chi connectivity index (χ0n) is 18.1. The molecule has 166 valence electrons. The maximum Gasteiger partial charge on any atom is 0.214 e. The Morgan fingerprint density at radius 2 is 1.83 bits per heavy atom. The van der Waals surface area contributed by atoms with Crippen LogP contribution in [0.1, 0.15) is 98.2 Å². The summed E-state index contributed by atoms with van der Waals surface area (Å²) in [6, 6.07) is 6.39. The zero-order chi connectivity index (χ0) is 21.1. The van der Waals surface area contributed by atoms with Crippen LogP contribution in [0.3, 0.4) is 0 Å². The summed E-state index contributed by atoms with van der Waals surface area (Å²) in [4.78, 5) is 13.3. The highest BCUT2D eigenvalue weighted by Crippen LogP contribution is 2.39. The molecule has 0 spiro atoms. The van der Waals surface area contributed by atoms with Crippen LogP contribution in [0.5, 0.6) is 0 Å². The highest BCUT2D eigenvalue weighted by atomic mass is 32.2. The van der Waals surface area contributed by atoms with Gasteiger partial charge in [0.05, 0.1) is 0 Å². The van der Waals surface area contributed by atoms with E-state index in [1.54, 1.807) is 0 Å². The molecule has 2 heterocycles. The Hall–Kier alpha value is -0.690. The van der Waals surface area contributed by atoms with Crippen molar-refractivity contribution in [1.82, 2.24) is 5.32 Å². The Balaban J connectivity index is 1.64. The Bertz CT molecular complexity index is 772. The van der Waals surface area contributed by atoms with E-state index in [4.69, 9.17) is 0 Å². The van der Waals surface area contributed by atoms with Crippen LogP contribution in [0.15, 0.2) is 18.2 Å². The predicted octanol–water partition coefficient (Wildman–Crippen LogP) is 4.39. The number of nitrogens with one attached hydrogen (secondary N) is 1. The van der Waals surface area contributed by atoms with E-state index in [1.165, 1.54) is 67.6 Å². The van der Waals surface area contributed by atoms with Crippen LogP contribution in [0.25, 0.3) is 0 Å². The fourth-order valence-corrected chi connectivity index (χ4v) is 8.69. The van der Waals surface area contributed by atoms with Crippen LogP contribution in [0, 0.1) is 0 Å². The molecule has 2 aliphatic heterocycles. The summed E-state index contributed by atoms with van der Waals surface area (Å²) in [6.07, 6.45) is 10.0. The van der Waals surface area contributed by atoms with Crippen molar-refractivity contribution in [3.63, 3.8) is 0 Å². The molecule has 4 unspecified atom stereocenters. The topological polar surface area (TPSA) is 69.2 Å². The van der Waals surface area contributed by atoms with Crippen molar-refractivity contribution < 1.29 is 13.6 Å². The Kier molecular flexibility index (Phi) is 7.71. The summed E-state index contributed by atoms with van der Waals surface area (Å²) in [7, 11) is 0.218. The van der Waals surface area contributed by atoms with Gasteiger partial charge in [-0.3, -0.25) is 9.00 Å². The minimum Gasteiger partial charge on any atom is -0.772 e. The van der Waals surface area contributed by atoms with Crippen LogP contribution in [-0.4, -0.2) is 43.1 Å². The third kappa shape index (κ3) is 5.03. The molecule has 3 aliphatic rings. The van der Waals surface area contributed by atoms with E-state index < -0.39 is 11.1 Å². The molecular weight excluding hydrogens is 414 g/mol. The summed E-state index contributed by atoms with van der Waals surface area (Å²) >= 11 is -2.04. The normalized spacial score (nSPS) is 28.3. The van der Waals surface area contributed by atoms with Gasteiger partial charge in [0.15, 0.2) is 5.25 Å². The molecule has 1 saturated carbocycles. The Morgan fingerprint density at radius 1 is 1.10 bits per heavy atom. The number of ketones is 1. The molecule has 1 N–H and O–H groups in total. The minimum absolute atomic E-state index is 0.0237. The molecule has 0 amide bonds. The lowest BCUT2D eigenvalue weighted by Gasteiger charge is -2.35. The van der Waals surface area contributed by atoms with E-state index in [-0.39, 0.29) is 33.2 Å². The van der Waals surface area contributed by atoms with Gasteiger partial charge in [-0.05, 0) is 86.0 Å². The van der Waals surface area contributed by atoms with Gasteiger partial charge in [-0.25, -0.2) is 0 Å². The van der Waals surface area contributed by atoms with Gasteiger partial charge in [-0.15, -0.1) is 0 Å². The molecule has 30 heavy (non-hydrogen) atoms. The maximum atomic E-state index is 13.3. The molecule has 0 aromatic heterocycles. The molecule has 4 nitrogen and oxygen atoms in total. The molecule has 1 aliphatic carbocycles. The summed E-state index contributed by atoms with van der Waals surface area (Å²) in [5.41, 5.74) is 3.35. The van der Waals surface area contributed by atoms with Crippen LogP contribution in [0.2, 0.25) is 0 Å². The lowest BCUT2D eigenvalue weighted by atomic mass is 9.79. The van der Waals surface area contributed by atoms with Gasteiger partial charge in [-0.2, -0.15) is 0 Å². The van der Waals surface area contributed by atoms with Crippen LogP contribution in [-0.2, 0) is 22.0 Å². The molecule has 1 aromatic rings. The average molecular weight is 450 g/mol. The lowest BCUT2D eigenvalue weighted by molar-refractivity contribution is 0.0993. The summed E-state index contributed by atoms with van der Waals surface area (Å²) in [5.74, 6) is 3.20. The average Bonchev–Trinajstić information content (AvgIpc) is 3.33. The Labute approximate surface area is 186 Å². The van der Waals surface area contributed by atoms with E-state index in [2.05, 4.69) is 30.4 Å². The van der Waals surface area contributed by atoms with Gasteiger partial charge in [0.2, 0.25) is 5.78 Å². The number of carbonyl (C=O) groups is 1. The predicted molar refractivity (Wildman–Crippen MR) is 125 cm³/mol. The number of piperidine rings is 1. The molecule has 2 saturated heterocycles. The number of rotatable bonds is 6. The highest BCUT2D eigenvalue weighted by Gasteiger charge is 2.36. The summed E-state index contributed by atoms with van der Waals surface area (Å²) in [5, 5.41) is 3.37. The third-order valence-electron chi connectivity index (χ3n) is 7.35. The van der Waals surface area contributed by atoms with Crippen molar-refractivity contribution in [2.24, 2.45) is 0 Å². The SMILES string of the molecule is CC(C(=O)c1ccc(C2CCCCC2)c(C2CC(S(=O)[O-])CCN2)c1)[S+]1CCCC1. The van der Waals surface area contributed by atoms with Crippen LogP contribution < -0.4 is 5.32 Å². The van der Waals surface area contributed by atoms with Gasteiger partial charge >= 0.3 is 0 Å². The van der Waals surface area contributed by atoms with E-state index in [0.717, 1.165) is 5.56 Å². The zero-order valence-corrected chi connectivity index (χ0v) is 19.7. The highest BCUT2D eigenvalue weighted by molar-refractivity contribution is 7.98. The third-order valence-corrected chi connectivity index (χ3v) is 11.2. The van der Waals surface area contributed by atoms with Crippen molar-refractivity contribution in [2.75, 3.05) is 18.1 Å². The number of hydrogen-bond donors (Lipinski definition) is 1. The first-order valence-corrected chi connectivity index (χ1v) is 14.5. The van der Waals surface area contributed by atoms with Crippen LogP contribution in [0.4, 0.5) is 0 Å². The number of Topliss-reactive ketones (excluding diaryl/α,β-unsaturated/α-hetero) is 1. The summed E-state index contributed by atoms with van der Waals surface area (Å²) < 4.78 is 23.3. The monoisotopic (exact) mass is 449 g/mol. The van der Waals surface area contributed by atoms with E-state index >= 15 is 0 Å². The molecule has 6 heteroatoms. The van der Waals surface area contributed by atoms with E-state index in [9.17, 15) is 13.6 Å². The van der Waals surface area contributed by atoms with E-state index in [1.807, 2.05) is 0 Å². The Morgan fingerprint density at radius 3 is 2.53 bits per heavy atom. The maximum absolute atomic E-state index is 13.3. The second-order valence-electron chi connectivity index (χ2n) is 9.25. The van der Waals surface area contributed by atoms with Gasteiger partial charge in [0, 0.05) is 16.9 Å². The van der Waals surface area contributed by atoms with Crippen molar-refractivity contribution >= 4 is 27.8 Å². The first-order valence-electron chi connectivity index (χ1n) is 11.7. The second kappa shape index (κ2) is 10.3. The van der Waals surface area contributed by atoms with Crippen LogP contribution >= 0.6 is 0 Å². The molecule has 1 aromatic carbocycles. The van der Waals surface area contributed by atoms with Gasteiger partial charge < -0.3 is 9.87 Å². The molecule has 4 atom stereocenters. The molecule has 0 radical (unpaired) electrons. The molecule has 3 fully saturated rings. The fourth-order valence-electron chi connectivity index (χ4n) is 5.53. The number of hydrogen-bond acceptors (Lipinski definition) is 4. The lowest BCUT2D eigenvalue weighted by Crippen LogP contribution is -2.37. The van der Waals surface area contributed by atoms with Gasteiger partial charge in [-0.1, -0.05) is 42.5 Å². The molecule has 0 bridgehead atoms. The smallest absolute Gasteiger partial charge is 0.214 e. The van der Waals surface area contributed by atoms with Crippen molar-refractivity contribution in [3.05, 3.63) is 34.9 Å².